The fourth-order valence-corrected chi connectivity index (χ4v) is 1.41. The average Bonchev–Trinajstić information content (AvgIpc) is 2.38. The number of carbonyl (C=O) groups excluding carboxylic acids is 1. The van der Waals surface area contributed by atoms with E-state index in [0.29, 0.717) is 11.8 Å². The van der Waals surface area contributed by atoms with Gasteiger partial charge in [0.25, 0.3) is 0 Å². The van der Waals surface area contributed by atoms with Crippen molar-refractivity contribution >= 4 is 6.29 Å². The Morgan fingerprint density at radius 1 is 1.00 bits per heavy atom. The average molecular weight is 252 g/mol. The van der Waals surface area contributed by atoms with Crippen LogP contribution in [0.1, 0.15) is 15.9 Å². The Balaban J connectivity index is 2.47. The second kappa shape index (κ2) is 4.56. The molecule has 0 unspecified atom stereocenters. The van der Waals surface area contributed by atoms with E-state index in [9.17, 15) is 18.0 Å². The summed E-state index contributed by atoms with van der Waals surface area (Å²) in [5, 5.41) is 0. The van der Waals surface area contributed by atoms with E-state index in [0.717, 1.165) is 18.3 Å². The van der Waals surface area contributed by atoms with Crippen molar-refractivity contribution in [2.45, 2.75) is 6.18 Å². The van der Waals surface area contributed by atoms with Crippen molar-refractivity contribution in [1.29, 1.82) is 0 Å². The molecule has 18 heavy (non-hydrogen) atoms. The highest BCUT2D eigenvalue weighted by atomic mass is 19.4. The number of pyridine rings is 2. The van der Waals surface area contributed by atoms with E-state index in [4.69, 9.17) is 0 Å². The van der Waals surface area contributed by atoms with E-state index >= 15 is 0 Å². The summed E-state index contributed by atoms with van der Waals surface area (Å²) in [6.07, 6.45) is -1.42. The number of aldehydes is 1. The molecule has 92 valence electrons. The molecule has 0 N–H and O–H groups in total. The summed E-state index contributed by atoms with van der Waals surface area (Å²) in [6, 6.07) is 4.63. The van der Waals surface area contributed by atoms with E-state index in [1.807, 2.05) is 0 Å². The molecule has 0 aliphatic heterocycles. The number of hydrogen-bond donors (Lipinski definition) is 0. The Morgan fingerprint density at radius 3 is 2.22 bits per heavy atom. The Hall–Kier alpha value is -2.24. The lowest BCUT2D eigenvalue weighted by Crippen LogP contribution is -2.05. The van der Waals surface area contributed by atoms with Gasteiger partial charge in [0.15, 0.2) is 0 Å². The molecule has 2 rings (SSSR count). The Morgan fingerprint density at radius 2 is 1.61 bits per heavy atom. The predicted octanol–water partition coefficient (Wildman–Crippen LogP) is 2.97. The SMILES string of the molecule is O=Cc1ccnc(-c2cc(C(F)(F)F)ccn2)c1. The first-order chi connectivity index (χ1) is 8.50. The van der Waals surface area contributed by atoms with Gasteiger partial charge in [-0.05, 0) is 24.3 Å². The van der Waals surface area contributed by atoms with Gasteiger partial charge in [-0.2, -0.15) is 13.2 Å². The van der Waals surface area contributed by atoms with Gasteiger partial charge < -0.3 is 0 Å². The fourth-order valence-electron chi connectivity index (χ4n) is 1.41. The summed E-state index contributed by atoms with van der Waals surface area (Å²) < 4.78 is 37.6. The number of rotatable bonds is 2. The molecule has 2 aromatic heterocycles. The highest BCUT2D eigenvalue weighted by Gasteiger charge is 2.30. The summed E-state index contributed by atoms with van der Waals surface area (Å²) >= 11 is 0. The van der Waals surface area contributed by atoms with Crippen molar-refractivity contribution in [3.8, 4) is 11.4 Å². The molecule has 3 nitrogen and oxygen atoms in total. The van der Waals surface area contributed by atoms with Crippen molar-refractivity contribution in [3.63, 3.8) is 0 Å². The predicted molar refractivity (Wildman–Crippen MR) is 57.9 cm³/mol. The van der Waals surface area contributed by atoms with Crippen LogP contribution in [0, 0.1) is 0 Å². The van der Waals surface area contributed by atoms with Crippen molar-refractivity contribution in [2.24, 2.45) is 0 Å². The van der Waals surface area contributed by atoms with E-state index < -0.39 is 11.7 Å². The van der Waals surface area contributed by atoms with Crippen LogP contribution in [-0.4, -0.2) is 16.3 Å². The number of carbonyl (C=O) groups is 1. The van der Waals surface area contributed by atoms with Crippen LogP contribution < -0.4 is 0 Å². The molecule has 0 fully saturated rings. The topological polar surface area (TPSA) is 42.9 Å². The molecule has 0 saturated carbocycles. The number of halogens is 3. The summed E-state index contributed by atoms with van der Waals surface area (Å²) in [4.78, 5) is 18.3. The van der Waals surface area contributed by atoms with Gasteiger partial charge in [0.2, 0.25) is 0 Å². The minimum Gasteiger partial charge on any atom is -0.298 e. The molecule has 0 amide bonds. The molecule has 0 saturated heterocycles. The van der Waals surface area contributed by atoms with Crippen LogP contribution in [0.25, 0.3) is 11.4 Å². The molecule has 0 aromatic carbocycles. The van der Waals surface area contributed by atoms with Crippen LogP contribution in [-0.2, 0) is 6.18 Å². The molecule has 2 aromatic rings. The zero-order valence-electron chi connectivity index (χ0n) is 8.98. The fraction of sp³-hybridized carbons (Fsp3) is 0.0833. The van der Waals surface area contributed by atoms with Crippen molar-refractivity contribution in [1.82, 2.24) is 9.97 Å². The Bertz CT molecular complexity index is 582. The van der Waals surface area contributed by atoms with E-state index in [1.54, 1.807) is 0 Å². The molecule has 2 heterocycles. The zero-order valence-corrected chi connectivity index (χ0v) is 8.98. The van der Waals surface area contributed by atoms with E-state index in [-0.39, 0.29) is 11.4 Å². The van der Waals surface area contributed by atoms with E-state index in [1.165, 1.54) is 18.3 Å². The van der Waals surface area contributed by atoms with Gasteiger partial charge in [0.1, 0.15) is 6.29 Å². The molecule has 6 heteroatoms. The van der Waals surface area contributed by atoms with Crippen LogP contribution in [0.5, 0.6) is 0 Å². The normalized spacial score (nSPS) is 11.3. The van der Waals surface area contributed by atoms with Crippen LogP contribution in [0.2, 0.25) is 0 Å². The van der Waals surface area contributed by atoms with Gasteiger partial charge in [-0.25, -0.2) is 0 Å². The lowest BCUT2D eigenvalue weighted by molar-refractivity contribution is -0.137. The molecular weight excluding hydrogens is 245 g/mol. The third kappa shape index (κ3) is 2.53. The van der Waals surface area contributed by atoms with Gasteiger partial charge >= 0.3 is 6.18 Å². The first-order valence-electron chi connectivity index (χ1n) is 4.95. The molecule has 0 spiro atoms. The number of alkyl halides is 3. The summed E-state index contributed by atoms with van der Waals surface area (Å²) in [7, 11) is 0. The summed E-state index contributed by atoms with van der Waals surface area (Å²) in [5.74, 6) is 0. The first kappa shape index (κ1) is 12.2. The summed E-state index contributed by atoms with van der Waals surface area (Å²) in [6.45, 7) is 0. The number of nitrogens with zero attached hydrogens (tertiary/aromatic N) is 2. The van der Waals surface area contributed by atoms with Crippen molar-refractivity contribution in [3.05, 3.63) is 47.8 Å². The third-order valence-electron chi connectivity index (χ3n) is 2.27. The second-order valence-corrected chi connectivity index (χ2v) is 3.52. The van der Waals surface area contributed by atoms with Gasteiger partial charge in [-0.1, -0.05) is 0 Å². The molecule has 0 aliphatic carbocycles. The van der Waals surface area contributed by atoms with Crippen LogP contribution in [0.4, 0.5) is 13.2 Å². The second-order valence-electron chi connectivity index (χ2n) is 3.52. The summed E-state index contributed by atoms with van der Waals surface area (Å²) in [5.41, 5.74) is -0.163. The van der Waals surface area contributed by atoms with Gasteiger partial charge in [-0.15, -0.1) is 0 Å². The van der Waals surface area contributed by atoms with Gasteiger partial charge in [-0.3, -0.25) is 14.8 Å². The van der Waals surface area contributed by atoms with Crippen molar-refractivity contribution < 1.29 is 18.0 Å². The molecule has 0 atom stereocenters. The van der Waals surface area contributed by atoms with E-state index in [2.05, 4.69) is 9.97 Å². The van der Waals surface area contributed by atoms with Gasteiger partial charge in [0.05, 0.1) is 17.0 Å². The van der Waals surface area contributed by atoms with Crippen LogP contribution in [0.3, 0.4) is 0 Å². The Labute approximate surface area is 100 Å². The first-order valence-corrected chi connectivity index (χ1v) is 4.95. The molecule has 0 bridgehead atoms. The van der Waals surface area contributed by atoms with Gasteiger partial charge in [0, 0.05) is 18.0 Å². The molecule has 0 aliphatic rings. The lowest BCUT2D eigenvalue weighted by atomic mass is 10.1. The zero-order chi connectivity index (χ0) is 13.2. The smallest absolute Gasteiger partial charge is 0.298 e. The lowest BCUT2D eigenvalue weighted by Gasteiger charge is -2.07. The minimum absolute atomic E-state index is 0.0773. The minimum atomic E-state index is -4.43. The van der Waals surface area contributed by atoms with Crippen LogP contribution in [0.15, 0.2) is 36.7 Å². The highest BCUT2D eigenvalue weighted by molar-refractivity contribution is 5.76. The maximum absolute atomic E-state index is 12.5. The highest BCUT2D eigenvalue weighted by Crippen LogP contribution is 2.30. The quantitative estimate of drug-likeness (QED) is 0.771. The maximum atomic E-state index is 12.5. The Kier molecular flexibility index (Phi) is 3.10. The molecule has 0 radical (unpaired) electrons. The molecular formula is C12H7F3N2O. The monoisotopic (exact) mass is 252 g/mol. The van der Waals surface area contributed by atoms with Crippen LogP contribution >= 0.6 is 0 Å². The maximum Gasteiger partial charge on any atom is 0.416 e. The van der Waals surface area contributed by atoms with Crippen molar-refractivity contribution in [2.75, 3.05) is 0 Å². The number of hydrogen-bond acceptors (Lipinski definition) is 3. The third-order valence-corrected chi connectivity index (χ3v) is 2.27. The standard InChI is InChI=1S/C12H7F3N2O/c13-12(14,15)9-2-4-17-11(6-9)10-5-8(7-18)1-3-16-10/h1-7H. The largest absolute Gasteiger partial charge is 0.416 e. The number of aromatic nitrogens is 2.